The van der Waals surface area contributed by atoms with Gasteiger partial charge in [-0.15, -0.1) is 0 Å². The highest BCUT2D eigenvalue weighted by Gasteiger charge is 2.47. The van der Waals surface area contributed by atoms with Crippen LogP contribution in [0.25, 0.3) is 22.2 Å². The number of anilines is 1. The summed E-state index contributed by atoms with van der Waals surface area (Å²) in [6.07, 6.45) is 1.30. The van der Waals surface area contributed by atoms with Crippen molar-refractivity contribution in [3.63, 3.8) is 0 Å². The minimum absolute atomic E-state index is 0.0917. The smallest absolute Gasteiger partial charge is 0.409 e. The Hall–Kier alpha value is -4.39. The summed E-state index contributed by atoms with van der Waals surface area (Å²) in [6, 6.07) is 18.9. The molecule has 0 unspecified atom stereocenters. The monoisotopic (exact) mass is 602 g/mol. The second kappa shape index (κ2) is 12.6. The summed E-state index contributed by atoms with van der Waals surface area (Å²) < 4.78 is 68.3. The van der Waals surface area contributed by atoms with E-state index in [1.54, 1.807) is 31.2 Å². The average molecular weight is 603 g/mol. The van der Waals surface area contributed by atoms with Gasteiger partial charge < -0.3 is 14.6 Å². The van der Waals surface area contributed by atoms with Crippen molar-refractivity contribution in [1.29, 1.82) is 0 Å². The molecule has 0 aliphatic heterocycles. The van der Waals surface area contributed by atoms with Crippen LogP contribution in [0.1, 0.15) is 44.5 Å². The van der Waals surface area contributed by atoms with Crippen molar-refractivity contribution in [2.24, 2.45) is 0 Å². The molecule has 0 fully saturated rings. The lowest BCUT2D eigenvalue weighted by Gasteiger charge is -2.13. The van der Waals surface area contributed by atoms with Crippen molar-refractivity contribution in [1.82, 2.24) is 14.3 Å². The number of nitrogens with zero attached hydrogens (tertiary/aromatic N) is 2. The molecule has 0 atom stereocenters. The van der Waals surface area contributed by atoms with E-state index in [9.17, 15) is 31.2 Å². The Morgan fingerprint density at radius 1 is 1.00 bits per heavy atom. The van der Waals surface area contributed by atoms with Crippen LogP contribution < -0.4 is 14.8 Å². The number of carbonyl (C=O) groups excluding carboxylic acids is 2. The molecule has 9 nitrogen and oxygen atoms in total. The SMILES string of the molecule is CCCCc1nc2ccc(NC(=O)CC)cc2n1Cc1ccc(-c2ccccc2OC(=O)NS(=O)(=O)C(F)(F)F)cc1. The minimum Gasteiger partial charge on any atom is -0.409 e. The van der Waals surface area contributed by atoms with Gasteiger partial charge in [-0.3, -0.25) is 4.79 Å². The van der Waals surface area contributed by atoms with E-state index in [0.29, 0.717) is 29.8 Å². The Kier molecular flexibility index (Phi) is 9.20. The standard InChI is InChI=1S/C29H29F3N4O5S/c1-3-5-10-26-34-23-16-15-21(33-27(37)4-2)17-24(23)36(26)18-19-11-13-20(14-12-19)22-8-6-7-9-25(22)41-28(38)35-42(39,40)29(30,31)32/h6-9,11-17H,3-5,10,18H2,1-2H3,(H,33,37)(H,35,38). The van der Waals surface area contributed by atoms with Crippen LogP contribution in [-0.2, 0) is 27.8 Å². The summed E-state index contributed by atoms with van der Waals surface area (Å²) in [5, 5.41) is 2.88. The molecule has 4 rings (SSSR count). The lowest BCUT2D eigenvalue weighted by molar-refractivity contribution is -0.115. The van der Waals surface area contributed by atoms with E-state index >= 15 is 0 Å². The van der Waals surface area contributed by atoms with Gasteiger partial charge in [0.05, 0.1) is 11.0 Å². The normalized spacial score (nSPS) is 11.8. The Bertz CT molecular complexity index is 1700. The molecular formula is C29H29F3N4O5S. The highest BCUT2D eigenvalue weighted by molar-refractivity contribution is 7.90. The predicted octanol–water partition coefficient (Wildman–Crippen LogP) is 6.38. The molecule has 0 spiro atoms. The number of imidazole rings is 1. The average Bonchev–Trinajstić information content (AvgIpc) is 3.28. The first-order valence-electron chi connectivity index (χ1n) is 13.2. The van der Waals surface area contributed by atoms with Crippen LogP contribution >= 0.6 is 0 Å². The molecule has 2 N–H and O–H groups in total. The number of alkyl halides is 3. The van der Waals surface area contributed by atoms with Crippen molar-refractivity contribution < 1.29 is 35.9 Å². The molecule has 42 heavy (non-hydrogen) atoms. The number of halogens is 3. The van der Waals surface area contributed by atoms with Crippen LogP contribution in [0.15, 0.2) is 66.7 Å². The summed E-state index contributed by atoms with van der Waals surface area (Å²) in [5.74, 6) is 0.698. The van der Waals surface area contributed by atoms with Gasteiger partial charge in [0.1, 0.15) is 11.6 Å². The van der Waals surface area contributed by atoms with E-state index in [2.05, 4.69) is 16.8 Å². The molecule has 1 aromatic heterocycles. The van der Waals surface area contributed by atoms with Crippen LogP contribution in [-0.4, -0.2) is 35.5 Å². The highest BCUT2D eigenvalue weighted by atomic mass is 32.2. The number of ether oxygens (including phenoxy) is 1. The van der Waals surface area contributed by atoms with Gasteiger partial charge >= 0.3 is 21.6 Å². The number of aryl methyl sites for hydroxylation is 1. The number of carbonyl (C=O) groups is 2. The van der Waals surface area contributed by atoms with Gasteiger partial charge in [-0.25, -0.2) is 14.5 Å². The van der Waals surface area contributed by atoms with E-state index in [0.717, 1.165) is 46.4 Å². The van der Waals surface area contributed by atoms with Gasteiger partial charge in [0.25, 0.3) is 0 Å². The number of para-hydroxylation sites is 1. The molecule has 13 heteroatoms. The fourth-order valence-corrected chi connectivity index (χ4v) is 4.63. The van der Waals surface area contributed by atoms with Crippen molar-refractivity contribution in [3.05, 3.63) is 78.1 Å². The number of unbranched alkanes of at least 4 members (excludes halogenated alkanes) is 1. The number of aromatic nitrogens is 2. The van der Waals surface area contributed by atoms with Gasteiger partial charge in [-0.05, 0) is 41.8 Å². The number of fused-ring (bicyclic) bond motifs is 1. The first-order valence-corrected chi connectivity index (χ1v) is 14.7. The summed E-state index contributed by atoms with van der Waals surface area (Å²) in [6.45, 7) is 4.36. The summed E-state index contributed by atoms with van der Waals surface area (Å²) in [7, 11) is -5.91. The molecule has 3 aromatic carbocycles. The fourth-order valence-electron chi connectivity index (χ4n) is 4.26. The second-order valence-corrected chi connectivity index (χ2v) is 11.1. The van der Waals surface area contributed by atoms with Crippen LogP contribution in [0.2, 0.25) is 0 Å². The van der Waals surface area contributed by atoms with Crippen LogP contribution in [0, 0.1) is 0 Å². The Morgan fingerprint density at radius 2 is 1.71 bits per heavy atom. The van der Waals surface area contributed by atoms with Gasteiger partial charge in [-0.1, -0.05) is 62.7 Å². The van der Waals surface area contributed by atoms with Crippen molar-refractivity contribution in [2.75, 3.05) is 5.32 Å². The predicted molar refractivity (Wildman–Crippen MR) is 152 cm³/mol. The number of nitrogens with one attached hydrogen (secondary N) is 2. The topological polar surface area (TPSA) is 119 Å². The van der Waals surface area contributed by atoms with Crippen molar-refractivity contribution >= 4 is 38.7 Å². The van der Waals surface area contributed by atoms with Crippen LogP contribution in [0.4, 0.5) is 23.7 Å². The Labute approximate surface area is 240 Å². The van der Waals surface area contributed by atoms with E-state index in [4.69, 9.17) is 9.72 Å². The van der Waals surface area contributed by atoms with E-state index in [-0.39, 0.29) is 11.7 Å². The molecule has 0 saturated carbocycles. The number of hydrogen-bond donors (Lipinski definition) is 2. The van der Waals surface area contributed by atoms with Crippen LogP contribution in [0.3, 0.4) is 0 Å². The van der Waals surface area contributed by atoms with E-state index in [1.807, 2.05) is 30.3 Å². The van der Waals surface area contributed by atoms with Crippen LogP contribution in [0.5, 0.6) is 5.75 Å². The number of amides is 2. The van der Waals surface area contributed by atoms with Gasteiger partial charge in [0.2, 0.25) is 5.91 Å². The molecule has 4 aromatic rings. The molecule has 0 radical (unpaired) electrons. The third-order valence-corrected chi connectivity index (χ3v) is 7.45. The first kappa shape index (κ1) is 30.6. The molecule has 2 amide bonds. The van der Waals surface area contributed by atoms with Crippen molar-refractivity contribution in [2.45, 2.75) is 51.6 Å². The summed E-state index contributed by atoms with van der Waals surface area (Å²) in [5.41, 5.74) is -1.42. The zero-order valence-corrected chi connectivity index (χ0v) is 23.7. The zero-order valence-electron chi connectivity index (χ0n) is 22.9. The molecule has 1 heterocycles. The fraction of sp³-hybridized carbons (Fsp3) is 0.276. The number of sulfonamides is 1. The van der Waals surface area contributed by atoms with Gasteiger partial charge in [0.15, 0.2) is 0 Å². The maximum Gasteiger partial charge on any atom is 0.516 e. The maximum absolute atomic E-state index is 12.6. The molecular weight excluding hydrogens is 573 g/mol. The number of benzene rings is 3. The van der Waals surface area contributed by atoms with E-state index < -0.39 is 21.6 Å². The molecule has 0 saturated heterocycles. The first-order chi connectivity index (χ1) is 19.9. The Morgan fingerprint density at radius 3 is 2.38 bits per heavy atom. The molecule has 0 aliphatic rings. The Balaban J connectivity index is 1.59. The van der Waals surface area contributed by atoms with E-state index in [1.165, 1.54) is 12.1 Å². The number of hydrogen-bond acceptors (Lipinski definition) is 6. The third kappa shape index (κ3) is 7.08. The third-order valence-electron chi connectivity index (χ3n) is 6.40. The molecule has 222 valence electrons. The summed E-state index contributed by atoms with van der Waals surface area (Å²) >= 11 is 0. The minimum atomic E-state index is -5.91. The van der Waals surface area contributed by atoms with Crippen molar-refractivity contribution in [3.8, 4) is 16.9 Å². The van der Waals surface area contributed by atoms with Gasteiger partial charge in [0, 0.05) is 30.6 Å². The van der Waals surface area contributed by atoms with Gasteiger partial charge in [-0.2, -0.15) is 21.6 Å². The number of rotatable bonds is 10. The molecule has 0 aliphatic carbocycles. The lowest BCUT2D eigenvalue weighted by atomic mass is 10.0. The largest absolute Gasteiger partial charge is 0.516 e. The zero-order chi connectivity index (χ0) is 30.5. The quantitative estimate of drug-likeness (QED) is 0.217. The maximum atomic E-state index is 12.6. The molecule has 0 bridgehead atoms. The highest BCUT2D eigenvalue weighted by Crippen LogP contribution is 2.31. The summed E-state index contributed by atoms with van der Waals surface area (Å²) in [4.78, 5) is 28.7. The second-order valence-electron chi connectivity index (χ2n) is 9.46. The lowest BCUT2D eigenvalue weighted by Crippen LogP contribution is -2.41.